The fourth-order valence-electron chi connectivity index (χ4n) is 2.57. The lowest BCUT2D eigenvalue weighted by atomic mass is 10.1. The Morgan fingerprint density at radius 2 is 1.81 bits per heavy atom. The lowest BCUT2D eigenvalue weighted by molar-refractivity contribution is -0.148. The number of nitrogens with one attached hydrogen (secondary N) is 1. The van der Waals surface area contributed by atoms with E-state index in [1.807, 2.05) is 49.4 Å². The summed E-state index contributed by atoms with van der Waals surface area (Å²) in [6.45, 7) is 3.50. The van der Waals surface area contributed by atoms with Crippen LogP contribution in [0.2, 0.25) is 0 Å². The zero-order valence-electron chi connectivity index (χ0n) is 15.2. The molecule has 136 valence electrons. The number of esters is 1. The maximum Gasteiger partial charge on any atom is 0.331 e. The Labute approximate surface area is 157 Å². The number of hydrogen-bond acceptors (Lipinski definition) is 4. The third kappa shape index (κ3) is 4.79. The molecular weight excluding hydrogens is 340 g/mol. The number of rotatable bonds is 5. The molecule has 5 nitrogen and oxygen atoms in total. The molecule has 3 rings (SSSR count). The van der Waals surface area contributed by atoms with E-state index in [0.29, 0.717) is 5.69 Å². The molecule has 0 radical (unpaired) electrons. The number of hydrogen-bond donors (Lipinski definition) is 1. The van der Waals surface area contributed by atoms with Crippen molar-refractivity contribution in [2.45, 2.75) is 20.0 Å². The van der Waals surface area contributed by atoms with Gasteiger partial charge in [-0.3, -0.25) is 9.78 Å². The van der Waals surface area contributed by atoms with Gasteiger partial charge in [0.1, 0.15) is 0 Å². The van der Waals surface area contributed by atoms with Crippen LogP contribution in [0.1, 0.15) is 18.1 Å². The summed E-state index contributed by atoms with van der Waals surface area (Å²) in [7, 11) is 0. The number of amides is 1. The molecule has 0 aliphatic rings. The third-order valence-electron chi connectivity index (χ3n) is 4.04. The molecular formula is C22H20N2O3. The molecule has 5 heteroatoms. The first-order chi connectivity index (χ1) is 13.0. The molecule has 1 amide bonds. The molecule has 0 spiro atoms. The molecule has 27 heavy (non-hydrogen) atoms. The van der Waals surface area contributed by atoms with E-state index < -0.39 is 12.1 Å². The van der Waals surface area contributed by atoms with E-state index in [9.17, 15) is 9.59 Å². The number of benzene rings is 2. The first kappa shape index (κ1) is 18.3. The molecule has 3 aromatic rings. The highest BCUT2D eigenvalue weighted by Gasteiger charge is 2.16. The van der Waals surface area contributed by atoms with Gasteiger partial charge in [-0.2, -0.15) is 0 Å². The number of pyridine rings is 1. The van der Waals surface area contributed by atoms with Crippen molar-refractivity contribution in [3.63, 3.8) is 0 Å². The Morgan fingerprint density at radius 3 is 2.59 bits per heavy atom. The smallest absolute Gasteiger partial charge is 0.331 e. The average Bonchev–Trinajstić information content (AvgIpc) is 2.68. The topological polar surface area (TPSA) is 68.3 Å². The number of anilines is 1. The van der Waals surface area contributed by atoms with Crippen molar-refractivity contribution in [3.8, 4) is 0 Å². The zero-order valence-corrected chi connectivity index (χ0v) is 15.2. The van der Waals surface area contributed by atoms with E-state index in [-0.39, 0.29) is 5.91 Å². The maximum atomic E-state index is 12.2. The van der Waals surface area contributed by atoms with Gasteiger partial charge >= 0.3 is 5.97 Å². The van der Waals surface area contributed by atoms with Crippen molar-refractivity contribution < 1.29 is 14.3 Å². The lowest BCUT2D eigenvalue weighted by Crippen LogP contribution is -2.29. The standard InChI is InChI=1S/C22H20N2O3/c1-15-8-11-19(12-9-15)24-22(26)16(2)27-20(25)13-10-18-6-3-5-17-7-4-14-23-21(17)18/h3-14,16H,1-2H3,(H,24,26)/b13-10+. The second-order valence-electron chi connectivity index (χ2n) is 6.19. The molecule has 0 aliphatic carbocycles. The lowest BCUT2D eigenvalue weighted by Gasteiger charge is -2.12. The summed E-state index contributed by atoms with van der Waals surface area (Å²) in [6, 6.07) is 16.9. The van der Waals surface area contributed by atoms with Crippen molar-refractivity contribution in [1.29, 1.82) is 0 Å². The minimum Gasteiger partial charge on any atom is -0.449 e. The molecule has 1 unspecified atom stereocenters. The zero-order chi connectivity index (χ0) is 19.2. The van der Waals surface area contributed by atoms with Crippen molar-refractivity contribution in [3.05, 3.63) is 78.0 Å². The summed E-state index contributed by atoms with van der Waals surface area (Å²) in [4.78, 5) is 28.5. The molecule has 1 N–H and O–H groups in total. The van der Waals surface area contributed by atoms with Crippen LogP contribution in [-0.4, -0.2) is 23.0 Å². The molecule has 0 saturated heterocycles. The summed E-state index contributed by atoms with van der Waals surface area (Å²) in [5.74, 6) is -0.970. The SMILES string of the molecule is Cc1ccc(NC(=O)C(C)OC(=O)/C=C/c2cccc3cccnc23)cc1. The first-order valence-electron chi connectivity index (χ1n) is 8.63. The van der Waals surface area contributed by atoms with Crippen LogP contribution in [0.15, 0.2) is 66.9 Å². The summed E-state index contributed by atoms with van der Waals surface area (Å²) in [5, 5.41) is 3.71. The highest BCUT2D eigenvalue weighted by molar-refractivity contribution is 5.97. The monoisotopic (exact) mass is 360 g/mol. The predicted molar refractivity (Wildman–Crippen MR) is 106 cm³/mol. The van der Waals surface area contributed by atoms with E-state index in [4.69, 9.17) is 4.74 Å². The Morgan fingerprint density at radius 1 is 1.07 bits per heavy atom. The van der Waals surface area contributed by atoms with Gasteiger partial charge in [0, 0.05) is 28.9 Å². The Hall–Kier alpha value is -3.47. The van der Waals surface area contributed by atoms with E-state index in [1.54, 1.807) is 24.4 Å². The number of para-hydroxylation sites is 1. The first-order valence-corrected chi connectivity index (χ1v) is 8.63. The maximum absolute atomic E-state index is 12.2. The summed E-state index contributed by atoms with van der Waals surface area (Å²) in [5.41, 5.74) is 3.36. The van der Waals surface area contributed by atoms with E-state index in [1.165, 1.54) is 13.0 Å². The highest BCUT2D eigenvalue weighted by Crippen LogP contribution is 2.17. The molecule has 0 saturated carbocycles. The van der Waals surface area contributed by atoms with Crippen LogP contribution in [0.3, 0.4) is 0 Å². The van der Waals surface area contributed by atoms with Gasteiger partial charge in [-0.25, -0.2) is 4.79 Å². The number of ether oxygens (including phenoxy) is 1. The van der Waals surface area contributed by atoms with Crippen LogP contribution in [0.25, 0.3) is 17.0 Å². The normalized spacial score (nSPS) is 12.1. The summed E-state index contributed by atoms with van der Waals surface area (Å²) >= 11 is 0. The van der Waals surface area contributed by atoms with Gasteiger partial charge in [0.2, 0.25) is 0 Å². The molecule has 0 fully saturated rings. The van der Waals surface area contributed by atoms with Gasteiger partial charge in [0.05, 0.1) is 5.52 Å². The van der Waals surface area contributed by atoms with Crippen molar-refractivity contribution in [1.82, 2.24) is 4.98 Å². The minimum atomic E-state index is -0.908. The van der Waals surface area contributed by atoms with Gasteiger partial charge in [0.25, 0.3) is 5.91 Å². The second-order valence-corrected chi connectivity index (χ2v) is 6.19. The van der Waals surface area contributed by atoms with Crippen LogP contribution in [0, 0.1) is 6.92 Å². The van der Waals surface area contributed by atoms with Gasteiger partial charge in [-0.15, -0.1) is 0 Å². The van der Waals surface area contributed by atoms with E-state index >= 15 is 0 Å². The van der Waals surface area contributed by atoms with E-state index in [2.05, 4.69) is 10.3 Å². The number of aryl methyl sites for hydroxylation is 1. The quantitative estimate of drug-likeness (QED) is 0.549. The van der Waals surface area contributed by atoms with Gasteiger partial charge in [-0.05, 0) is 38.1 Å². The number of fused-ring (bicyclic) bond motifs is 1. The third-order valence-corrected chi connectivity index (χ3v) is 4.04. The average molecular weight is 360 g/mol. The molecule has 0 bridgehead atoms. The van der Waals surface area contributed by atoms with Gasteiger partial charge in [0.15, 0.2) is 6.10 Å². The molecule has 1 atom stereocenters. The number of carbonyl (C=O) groups is 2. The Bertz CT molecular complexity index is 989. The molecule has 0 aliphatic heterocycles. The Kier molecular flexibility index (Phi) is 5.61. The summed E-state index contributed by atoms with van der Waals surface area (Å²) in [6.07, 6.45) is 3.74. The van der Waals surface area contributed by atoms with Gasteiger partial charge < -0.3 is 10.1 Å². The van der Waals surface area contributed by atoms with Gasteiger partial charge in [-0.1, -0.05) is 42.0 Å². The van der Waals surface area contributed by atoms with Crippen molar-refractivity contribution in [2.24, 2.45) is 0 Å². The Balaban J connectivity index is 1.61. The second kappa shape index (κ2) is 8.27. The number of nitrogens with zero attached hydrogens (tertiary/aromatic N) is 1. The van der Waals surface area contributed by atoms with Crippen LogP contribution >= 0.6 is 0 Å². The van der Waals surface area contributed by atoms with Crippen LogP contribution in [0.4, 0.5) is 5.69 Å². The van der Waals surface area contributed by atoms with Crippen molar-refractivity contribution in [2.75, 3.05) is 5.32 Å². The number of aromatic nitrogens is 1. The molecule has 2 aromatic carbocycles. The highest BCUT2D eigenvalue weighted by atomic mass is 16.5. The van der Waals surface area contributed by atoms with Crippen molar-refractivity contribution >= 4 is 34.5 Å². The fourth-order valence-corrected chi connectivity index (χ4v) is 2.57. The van der Waals surface area contributed by atoms with Crippen LogP contribution < -0.4 is 5.32 Å². The van der Waals surface area contributed by atoms with Crippen LogP contribution in [0.5, 0.6) is 0 Å². The minimum absolute atomic E-state index is 0.382. The van der Waals surface area contributed by atoms with Crippen LogP contribution in [-0.2, 0) is 14.3 Å². The molecule has 1 heterocycles. The molecule has 1 aromatic heterocycles. The predicted octanol–water partition coefficient (Wildman–Crippen LogP) is 4.13. The van der Waals surface area contributed by atoms with E-state index in [0.717, 1.165) is 22.0 Å². The fraction of sp³-hybridized carbons (Fsp3) is 0.136. The summed E-state index contributed by atoms with van der Waals surface area (Å²) < 4.78 is 5.18. The largest absolute Gasteiger partial charge is 0.449 e. The number of carbonyl (C=O) groups excluding carboxylic acids is 2.